The van der Waals surface area contributed by atoms with Gasteiger partial charge in [-0.1, -0.05) is 0 Å². The zero-order valence-corrected chi connectivity index (χ0v) is 9.59. The fraction of sp³-hybridized carbons (Fsp3) is 0.538. The summed E-state index contributed by atoms with van der Waals surface area (Å²) in [5.41, 5.74) is 2.41. The number of fused-ring (bicyclic) bond motifs is 1. The van der Waals surface area contributed by atoms with E-state index in [9.17, 15) is 4.39 Å². The highest BCUT2D eigenvalue weighted by molar-refractivity contribution is 5.74. The summed E-state index contributed by atoms with van der Waals surface area (Å²) < 4.78 is 13.2. The van der Waals surface area contributed by atoms with Crippen molar-refractivity contribution < 1.29 is 4.39 Å². The Kier molecular flexibility index (Phi) is 2.09. The van der Waals surface area contributed by atoms with Crippen LogP contribution >= 0.6 is 0 Å². The van der Waals surface area contributed by atoms with Crippen molar-refractivity contribution >= 4 is 11.4 Å². The van der Waals surface area contributed by atoms with Gasteiger partial charge >= 0.3 is 0 Å². The molecule has 0 atom stereocenters. The Morgan fingerprint density at radius 1 is 1.44 bits per heavy atom. The zero-order valence-electron chi connectivity index (χ0n) is 9.59. The van der Waals surface area contributed by atoms with Crippen molar-refractivity contribution in [2.45, 2.75) is 31.7 Å². The van der Waals surface area contributed by atoms with Crippen molar-refractivity contribution in [1.82, 2.24) is 0 Å². The number of nitrogens with one attached hydrogen (secondary N) is 1. The van der Waals surface area contributed by atoms with Crippen LogP contribution in [0, 0.1) is 5.82 Å². The molecular weight excluding hydrogens is 203 g/mol. The second kappa shape index (κ2) is 3.37. The van der Waals surface area contributed by atoms with Gasteiger partial charge in [0.15, 0.2) is 0 Å². The first-order valence-electron chi connectivity index (χ1n) is 6.06. The molecule has 2 aliphatic rings. The quantitative estimate of drug-likeness (QED) is 0.782. The van der Waals surface area contributed by atoms with E-state index in [4.69, 9.17) is 0 Å². The smallest absolute Gasteiger partial charge is 0.125 e. The monoisotopic (exact) mass is 220 g/mol. The molecule has 86 valence electrons. The van der Waals surface area contributed by atoms with Gasteiger partial charge < -0.3 is 10.2 Å². The molecule has 1 heterocycles. The third-order valence-corrected chi connectivity index (χ3v) is 4.03. The lowest BCUT2D eigenvalue weighted by atomic mass is 9.73. The Balaban J connectivity index is 2.03. The molecule has 1 N–H and O–H groups in total. The van der Waals surface area contributed by atoms with Crippen molar-refractivity contribution in [3.63, 3.8) is 0 Å². The van der Waals surface area contributed by atoms with Gasteiger partial charge in [0.2, 0.25) is 0 Å². The predicted octanol–water partition coefficient (Wildman–Crippen LogP) is 3.00. The van der Waals surface area contributed by atoms with E-state index in [1.807, 2.05) is 6.07 Å². The van der Waals surface area contributed by atoms with Crippen molar-refractivity contribution in [2.24, 2.45) is 0 Å². The lowest BCUT2D eigenvalue weighted by Gasteiger charge is -2.54. The lowest BCUT2D eigenvalue weighted by molar-refractivity contribution is 0.240. The third-order valence-electron chi connectivity index (χ3n) is 4.03. The van der Waals surface area contributed by atoms with Gasteiger partial charge in [0.1, 0.15) is 5.82 Å². The molecule has 2 nitrogen and oxygen atoms in total. The molecule has 0 radical (unpaired) electrons. The molecule has 1 fully saturated rings. The molecule has 16 heavy (non-hydrogen) atoms. The summed E-state index contributed by atoms with van der Waals surface area (Å²) in [6.07, 6.45) is 3.82. The first-order valence-corrected chi connectivity index (χ1v) is 6.06. The SMILES string of the molecule is CCN1c2ccc(F)cc2NCC12CCC2. The highest BCUT2D eigenvalue weighted by atomic mass is 19.1. The summed E-state index contributed by atoms with van der Waals surface area (Å²) in [7, 11) is 0. The Hall–Kier alpha value is -1.25. The van der Waals surface area contributed by atoms with Gasteiger partial charge in [0.25, 0.3) is 0 Å². The Labute approximate surface area is 95.4 Å². The van der Waals surface area contributed by atoms with E-state index < -0.39 is 0 Å². The van der Waals surface area contributed by atoms with Crippen molar-refractivity contribution in [3.8, 4) is 0 Å². The van der Waals surface area contributed by atoms with E-state index in [1.165, 1.54) is 19.3 Å². The van der Waals surface area contributed by atoms with Gasteiger partial charge in [0.05, 0.1) is 16.9 Å². The average Bonchev–Trinajstić information content (AvgIpc) is 2.25. The van der Waals surface area contributed by atoms with E-state index in [0.29, 0.717) is 5.54 Å². The fourth-order valence-corrected chi connectivity index (χ4v) is 3.03. The Bertz CT molecular complexity index is 412. The number of hydrogen-bond donors (Lipinski definition) is 1. The van der Waals surface area contributed by atoms with E-state index in [2.05, 4.69) is 17.1 Å². The summed E-state index contributed by atoms with van der Waals surface area (Å²) in [6, 6.07) is 5.06. The highest BCUT2D eigenvalue weighted by Gasteiger charge is 2.44. The van der Waals surface area contributed by atoms with Gasteiger partial charge in [-0.25, -0.2) is 4.39 Å². The van der Waals surface area contributed by atoms with Gasteiger partial charge in [-0.15, -0.1) is 0 Å². The van der Waals surface area contributed by atoms with E-state index in [1.54, 1.807) is 12.1 Å². The van der Waals surface area contributed by atoms with E-state index in [-0.39, 0.29) is 5.82 Å². The van der Waals surface area contributed by atoms with Crippen LogP contribution in [0.3, 0.4) is 0 Å². The summed E-state index contributed by atoms with van der Waals surface area (Å²) in [6.45, 7) is 4.14. The largest absolute Gasteiger partial charge is 0.381 e. The van der Waals surface area contributed by atoms with Crippen LogP contribution in [0.2, 0.25) is 0 Å². The molecule has 1 saturated carbocycles. The zero-order chi connectivity index (χ0) is 11.2. The number of nitrogens with zero attached hydrogens (tertiary/aromatic N) is 1. The molecule has 1 aromatic rings. The summed E-state index contributed by atoms with van der Waals surface area (Å²) in [5, 5.41) is 3.38. The van der Waals surface area contributed by atoms with Crippen LogP contribution < -0.4 is 10.2 Å². The molecule has 1 aliphatic carbocycles. The maximum Gasteiger partial charge on any atom is 0.125 e. The lowest BCUT2D eigenvalue weighted by Crippen LogP contribution is -2.60. The number of anilines is 2. The standard InChI is InChI=1S/C13H17FN2/c1-2-16-12-5-4-10(14)8-11(12)15-9-13(16)6-3-7-13/h4-5,8,15H,2-3,6-7,9H2,1H3. The molecule has 1 aliphatic heterocycles. The predicted molar refractivity (Wildman–Crippen MR) is 64.5 cm³/mol. The van der Waals surface area contributed by atoms with Crippen LogP contribution in [0.25, 0.3) is 0 Å². The van der Waals surface area contributed by atoms with E-state index >= 15 is 0 Å². The Morgan fingerprint density at radius 2 is 2.25 bits per heavy atom. The summed E-state index contributed by atoms with van der Waals surface area (Å²) in [5.74, 6) is -0.160. The summed E-state index contributed by atoms with van der Waals surface area (Å²) >= 11 is 0. The number of benzene rings is 1. The highest BCUT2D eigenvalue weighted by Crippen LogP contribution is 2.45. The third kappa shape index (κ3) is 1.24. The number of likely N-dealkylation sites (N-methyl/N-ethyl adjacent to an activating group) is 1. The van der Waals surface area contributed by atoms with Crippen LogP contribution in [-0.2, 0) is 0 Å². The van der Waals surface area contributed by atoms with Crippen LogP contribution in [0.15, 0.2) is 18.2 Å². The minimum absolute atomic E-state index is 0.160. The van der Waals surface area contributed by atoms with Gasteiger partial charge in [0, 0.05) is 13.1 Å². The minimum atomic E-state index is -0.160. The molecule has 0 bridgehead atoms. The molecule has 0 amide bonds. The van der Waals surface area contributed by atoms with Crippen LogP contribution in [0.4, 0.5) is 15.8 Å². The van der Waals surface area contributed by atoms with Gasteiger partial charge in [-0.3, -0.25) is 0 Å². The molecule has 0 aromatic heterocycles. The van der Waals surface area contributed by atoms with Crippen molar-refractivity contribution in [2.75, 3.05) is 23.3 Å². The second-order valence-corrected chi connectivity index (χ2v) is 4.84. The number of rotatable bonds is 1. The molecule has 0 unspecified atom stereocenters. The topological polar surface area (TPSA) is 15.3 Å². The molecule has 1 spiro atoms. The molecule has 1 aromatic carbocycles. The molecule has 3 rings (SSSR count). The first kappa shape index (κ1) is 9.94. The van der Waals surface area contributed by atoms with Crippen molar-refractivity contribution in [1.29, 1.82) is 0 Å². The number of hydrogen-bond acceptors (Lipinski definition) is 2. The minimum Gasteiger partial charge on any atom is -0.381 e. The van der Waals surface area contributed by atoms with Crippen LogP contribution in [0.5, 0.6) is 0 Å². The van der Waals surface area contributed by atoms with Gasteiger partial charge in [-0.05, 0) is 44.4 Å². The maximum absolute atomic E-state index is 13.2. The molecular formula is C13H17FN2. The van der Waals surface area contributed by atoms with E-state index in [0.717, 1.165) is 24.5 Å². The van der Waals surface area contributed by atoms with Gasteiger partial charge in [-0.2, -0.15) is 0 Å². The molecule has 0 saturated heterocycles. The van der Waals surface area contributed by atoms with Crippen LogP contribution in [-0.4, -0.2) is 18.6 Å². The second-order valence-electron chi connectivity index (χ2n) is 4.84. The fourth-order valence-electron chi connectivity index (χ4n) is 3.03. The molecule has 3 heteroatoms. The summed E-state index contributed by atoms with van der Waals surface area (Å²) in [4.78, 5) is 2.45. The average molecular weight is 220 g/mol. The van der Waals surface area contributed by atoms with Crippen molar-refractivity contribution in [3.05, 3.63) is 24.0 Å². The van der Waals surface area contributed by atoms with Crippen LogP contribution in [0.1, 0.15) is 26.2 Å². The number of halogens is 1. The maximum atomic E-state index is 13.2. The Morgan fingerprint density at radius 3 is 2.88 bits per heavy atom. The normalized spacial score (nSPS) is 21.2. The first-order chi connectivity index (χ1) is 7.75.